The van der Waals surface area contributed by atoms with E-state index in [1.807, 2.05) is 29.2 Å². The average molecular weight is 496 g/mol. The molecular weight excluding hydrogens is 474 g/mol. The highest BCUT2D eigenvalue weighted by atomic mass is 79.9. The van der Waals surface area contributed by atoms with Crippen LogP contribution in [0.2, 0.25) is 0 Å². The number of rotatable bonds is 7. The van der Waals surface area contributed by atoms with Crippen LogP contribution in [0, 0.1) is 0 Å². The molecule has 30 heavy (non-hydrogen) atoms. The second-order valence-corrected chi connectivity index (χ2v) is 8.94. The summed E-state index contributed by atoms with van der Waals surface area (Å²) < 4.78 is 5.61. The fourth-order valence-corrected chi connectivity index (χ4v) is 5.66. The van der Waals surface area contributed by atoms with Crippen molar-refractivity contribution in [3.63, 3.8) is 0 Å². The maximum Gasteiger partial charge on any atom is 0.349 e. The first-order valence-corrected chi connectivity index (χ1v) is 11.2. The molecule has 160 valence electrons. The Kier molecular flexibility index (Phi) is 7.14. The molecule has 3 rings (SSSR count). The Labute approximate surface area is 186 Å². The van der Waals surface area contributed by atoms with Crippen LogP contribution in [0.3, 0.4) is 0 Å². The molecule has 1 amide bonds. The largest absolute Gasteiger partial charge is 0.479 e. The maximum atomic E-state index is 12.4. The molecule has 1 aliphatic carbocycles. The lowest BCUT2D eigenvalue weighted by atomic mass is 9.93. The zero-order valence-electron chi connectivity index (χ0n) is 16.4. The van der Waals surface area contributed by atoms with E-state index >= 15 is 0 Å². The van der Waals surface area contributed by atoms with E-state index < -0.39 is 18.5 Å². The Hall–Kier alpha value is -2.39. The summed E-state index contributed by atoms with van der Waals surface area (Å²) in [6.45, 7) is 0.914. The lowest BCUT2D eigenvalue weighted by Crippen LogP contribution is -2.40. The number of halogens is 1. The summed E-state index contributed by atoms with van der Waals surface area (Å²) in [6, 6.07) is 7.54. The summed E-state index contributed by atoms with van der Waals surface area (Å²) in [5.41, 5.74) is 1.48. The van der Waals surface area contributed by atoms with Gasteiger partial charge in [0, 0.05) is 18.7 Å². The van der Waals surface area contributed by atoms with Crippen LogP contribution in [0.25, 0.3) is 10.4 Å². The number of carboxylic acid groups (broad SMARTS) is 2. The van der Waals surface area contributed by atoms with Crippen LogP contribution in [-0.4, -0.2) is 40.7 Å². The summed E-state index contributed by atoms with van der Waals surface area (Å²) in [6.07, 6.45) is 5.29. The highest BCUT2D eigenvalue weighted by Crippen LogP contribution is 2.46. The zero-order valence-corrected chi connectivity index (χ0v) is 18.8. The molecule has 0 atom stereocenters. The highest BCUT2D eigenvalue weighted by Gasteiger charge is 2.27. The molecule has 2 aromatic rings. The third-order valence-electron chi connectivity index (χ3n) is 5.01. The normalized spacial score (nSPS) is 14.3. The first kappa shape index (κ1) is 22.3. The first-order valence-electron chi connectivity index (χ1n) is 9.60. The van der Waals surface area contributed by atoms with Gasteiger partial charge in [0.2, 0.25) is 5.91 Å². The van der Waals surface area contributed by atoms with Gasteiger partial charge in [-0.15, -0.1) is 11.3 Å². The van der Waals surface area contributed by atoms with Crippen molar-refractivity contribution in [1.82, 2.24) is 0 Å². The standard InChI is InChI=1S/C21H22BrNO6S/c1-12(24)23(14-7-3-2-4-8-14)15-9-5-6-13(10-15)19-17(22)18(29-11-16(25)26)20(30-19)21(27)28/h5-6,9-10,14H,2-4,7-8,11H2,1H3,(H,25,26)(H,27,28). The van der Waals surface area contributed by atoms with Crippen molar-refractivity contribution in [2.24, 2.45) is 0 Å². The molecule has 1 aliphatic rings. The van der Waals surface area contributed by atoms with Crippen LogP contribution in [0.15, 0.2) is 28.7 Å². The molecule has 0 unspecified atom stereocenters. The van der Waals surface area contributed by atoms with Crippen molar-refractivity contribution < 1.29 is 29.3 Å². The van der Waals surface area contributed by atoms with Gasteiger partial charge in [-0.05, 0) is 46.5 Å². The number of amides is 1. The lowest BCUT2D eigenvalue weighted by molar-refractivity contribution is -0.139. The average Bonchev–Trinajstić information content (AvgIpc) is 3.04. The minimum Gasteiger partial charge on any atom is -0.479 e. The van der Waals surface area contributed by atoms with Crippen LogP contribution in [0.1, 0.15) is 48.7 Å². The van der Waals surface area contributed by atoms with E-state index in [0.29, 0.717) is 9.35 Å². The lowest BCUT2D eigenvalue weighted by Gasteiger charge is -2.34. The molecule has 0 bridgehead atoms. The van der Waals surface area contributed by atoms with Gasteiger partial charge < -0.3 is 19.8 Å². The molecule has 2 N–H and O–H groups in total. The molecule has 9 heteroatoms. The van der Waals surface area contributed by atoms with Gasteiger partial charge >= 0.3 is 11.9 Å². The van der Waals surface area contributed by atoms with Gasteiger partial charge in [0.15, 0.2) is 17.2 Å². The van der Waals surface area contributed by atoms with E-state index in [1.54, 1.807) is 6.92 Å². The molecule has 0 saturated heterocycles. The smallest absolute Gasteiger partial charge is 0.349 e. The van der Waals surface area contributed by atoms with Gasteiger partial charge in [-0.25, -0.2) is 9.59 Å². The number of ether oxygens (including phenoxy) is 1. The predicted molar refractivity (Wildman–Crippen MR) is 118 cm³/mol. The SMILES string of the molecule is CC(=O)N(c1cccc(-c2sc(C(=O)O)c(OCC(=O)O)c2Br)c1)C1CCCCC1. The van der Waals surface area contributed by atoms with E-state index in [2.05, 4.69) is 15.9 Å². The van der Waals surface area contributed by atoms with Crippen LogP contribution in [0.5, 0.6) is 5.75 Å². The molecule has 1 aromatic carbocycles. The summed E-state index contributed by atoms with van der Waals surface area (Å²) >= 11 is 4.37. The van der Waals surface area contributed by atoms with Crippen molar-refractivity contribution in [2.45, 2.75) is 45.1 Å². The maximum absolute atomic E-state index is 12.4. The van der Waals surface area contributed by atoms with Crippen molar-refractivity contribution in [3.05, 3.63) is 33.6 Å². The minimum atomic E-state index is -1.20. The van der Waals surface area contributed by atoms with Gasteiger partial charge in [0.25, 0.3) is 0 Å². The molecule has 0 aliphatic heterocycles. The Bertz CT molecular complexity index is 966. The van der Waals surface area contributed by atoms with Gasteiger partial charge in [-0.3, -0.25) is 4.79 Å². The number of nitrogens with zero attached hydrogens (tertiary/aromatic N) is 1. The number of thiophene rings is 1. The third-order valence-corrected chi connectivity index (χ3v) is 7.24. The molecule has 0 radical (unpaired) electrons. The number of benzene rings is 1. The van der Waals surface area contributed by atoms with E-state index in [1.165, 1.54) is 6.42 Å². The Morgan fingerprint density at radius 2 is 1.90 bits per heavy atom. The molecular formula is C21H22BrNO6S. The molecule has 1 saturated carbocycles. The van der Waals surface area contributed by atoms with Crippen molar-refractivity contribution in [3.8, 4) is 16.2 Å². The number of carboxylic acids is 2. The monoisotopic (exact) mass is 495 g/mol. The highest BCUT2D eigenvalue weighted by molar-refractivity contribution is 9.10. The Morgan fingerprint density at radius 1 is 1.20 bits per heavy atom. The van der Waals surface area contributed by atoms with Crippen LogP contribution in [-0.2, 0) is 9.59 Å². The van der Waals surface area contributed by atoms with E-state index in [4.69, 9.17) is 9.84 Å². The van der Waals surface area contributed by atoms with E-state index in [0.717, 1.165) is 48.3 Å². The van der Waals surface area contributed by atoms with Gasteiger partial charge in [-0.2, -0.15) is 0 Å². The number of aromatic carboxylic acids is 1. The molecule has 1 aromatic heterocycles. The zero-order chi connectivity index (χ0) is 21.8. The van der Waals surface area contributed by atoms with Gasteiger partial charge in [0.1, 0.15) is 0 Å². The second kappa shape index (κ2) is 9.61. The number of aliphatic carboxylic acids is 1. The fourth-order valence-electron chi connectivity index (χ4n) is 3.77. The van der Waals surface area contributed by atoms with Crippen LogP contribution in [0.4, 0.5) is 5.69 Å². The molecule has 7 nitrogen and oxygen atoms in total. The van der Waals surface area contributed by atoms with Gasteiger partial charge in [-0.1, -0.05) is 31.4 Å². The van der Waals surface area contributed by atoms with Crippen molar-refractivity contribution in [1.29, 1.82) is 0 Å². The Morgan fingerprint density at radius 3 is 2.50 bits per heavy atom. The number of carbonyl (C=O) groups is 3. The first-order chi connectivity index (χ1) is 14.3. The predicted octanol–water partition coefficient (Wildman–Crippen LogP) is 5.02. The summed E-state index contributed by atoms with van der Waals surface area (Å²) in [5.74, 6) is -2.43. The topological polar surface area (TPSA) is 104 Å². The second-order valence-electron chi connectivity index (χ2n) is 7.12. The number of carbonyl (C=O) groups excluding carboxylic acids is 1. The third kappa shape index (κ3) is 4.84. The molecule has 0 spiro atoms. The van der Waals surface area contributed by atoms with E-state index in [9.17, 15) is 19.5 Å². The van der Waals surface area contributed by atoms with Crippen LogP contribution < -0.4 is 9.64 Å². The number of hydrogen-bond acceptors (Lipinski definition) is 5. The van der Waals surface area contributed by atoms with E-state index in [-0.39, 0.29) is 22.6 Å². The number of hydrogen-bond donors (Lipinski definition) is 2. The molecule has 1 fully saturated rings. The summed E-state index contributed by atoms with van der Waals surface area (Å²) in [4.78, 5) is 37.3. The van der Waals surface area contributed by atoms with Crippen LogP contribution >= 0.6 is 27.3 Å². The number of anilines is 1. The summed E-state index contributed by atoms with van der Waals surface area (Å²) in [5, 5.41) is 18.4. The fraction of sp³-hybridized carbons (Fsp3) is 0.381. The van der Waals surface area contributed by atoms with Gasteiger partial charge in [0.05, 0.1) is 9.35 Å². The molecule has 1 heterocycles. The Balaban J connectivity index is 2.00. The van der Waals surface area contributed by atoms with Crippen molar-refractivity contribution >= 4 is 50.8 Å². The van der Waals surface area contributed by atoms with Crippen molar-refractivity contribution in [2.75, 3.05) is 11.5 Å². The summed E-state index contributed by atoms with van der Waals surface area (Å²) in [7, 11) is 0. The quantitative estimate of drug-likeness (QED) is 0.558. The minimum absolute atomic E-state index is 0.00833.